The molecule has 0 radical (unpaired) electrons. The molecule has 3 aromatic rings. The first-order valence-electron chi connectivity index (χ1n) is 14.1. The fourth-order valence-corrected chi connectivity index (χ4v) is 5.70. The highest BCUT2D eigenvalue weighted by molar-refractivity contribution is 6.16. The van der Waals surface area contributed by atoms with E-state index in [0.717, 1.165) is 37.5 Å². The fourth-order valence-electron chi connectivity index (χ4n) is 5.70. The van der Waals surface area contributed by atoms with Crippen molar-refractivity contribution in [3.63, 3.8) is 0 Å². The lowest BCUT2D eigenvalue weighted by atomic mass is 9.54. The molecule has 1 amide bonds. The maximum atomic E-state index is 10.8. The Labute approximate surface area is 236 Å². The molecule has 9 heteroatoms. The molecule has 1 aliphatic heterocycles. The van der Waals surface area contributed by atoms with E-state index in [2.05, 4.69) is 27.2 Å². The number of anilines is 2. The molecule has 4 N–H and O–H groups in total. The van der Waals surface area contributed by atoms with E-state index in [-0.39, 0.29) is 5.91 Å². The zero-order valence-corrected chi connectivity index (χ0v) is 23.4. The van der Waals surface area contributed by atoms with Gasteiger partial charge in [-0.15, -0.1) is 0 Å². The maximum absolute atomic E-state index is 10.8. The van der Waals surface area contributed by atoms with Gasteiger partial charge in [-0.05, 0) is 74.5 Å². The summed E-state index contributed by atoms with van der Waals surface area (Å²) in [7, 11) is 2.08. The number of carbonyl (C=O) groups excluding carboxylic acids is 1. The summed E-state index contributed by atoms with van der Waals surface area (Å²) in [6, 6.07) is 17.5. The Morgan fingerprint density at radius 1 is 1.00 bits per heavy atom. The van der Waals surface area contributed by atoms with Crippen molar-refractivity contribution < 1.29 is 9.53 Å². The normalized spacial score (nSPS) is 18.1. The number of aromatic nitrogens is 2. The number of piperazine rings is 1. The van der Waals surface area contributed by atoms with E-state index in [1.54, 1.807) is 6.92 Å². The lowest BCUT2D eigenvalue weighted by molar-refractivity contribution is -0.130. The molecule has 2 heterocycles. The molecule has 3 aliphatic rings. The van der Waals surface area contributed by atoms with E-state index in [0.29, 0.717) is 40.1 Å². The van der Waals surface area contributed by atoms with Gasteiger partial charge < -0.3 is 25.6 Å². The van der Waals surface area contributed by atoms with Crippen LogP contribution in [0, 0.1) is 10.8 Å². The van der Waals surface area contributed by atoms with Crippen molar-refractivity contribution in [1.82, 2.24) is 19.8 Å². The third-order valence-corrected chi connectivity index (χ3v) is 8.31. The Morgan fingerprint density at radius 2 is 1.65 bits per heavy atom. The highest BCUT2D eigenvalue weighted by Gasteiger charge is 2.48. The van der Waals surface area contributed by atoms with Crippen LogP contribution in [0.4, 0.5) is 11.6 Å². The number of nitrogen functional groups attached to an aromatic ring is 1. The molecule has 0 atom stereocenters. The molecule has 210 valence electrons. The summed E-state index contributed by atoms with van der Waals surface area (Å²) in [5.74, 6) is 2.66. The SMILES string of the molecule is CC(=O)N1CCN(C)CC1.N=C(c1ccc(Oc2ccccc2)cc1)c1c(N)ncnc1NC1CC2(CCC2)C1. The monoisotopic (exact) mass is 541 g/mol. The van der Waals surface area contributed by atoms with E-state index in [4.69, 9.17) is 15.9 Å². The van der Waals surface area contributed by atoms with Crippen molar-refractivity contribution in [2.24, 2.45) is 5.41 Å². The van der Waals surface area contributed by atoms with Crippen molar-refractivity contribution in [3.8, 4) is 11.5 Å². The van der Waals surface area contributed by atoms with Gasteiger partial charge in [0.25, 0.3) is 0 Å². The number of hydrogen-bond donors (Lipinski definition) is 3. The summed E-state index contributed by atoms with van der Waals surface area (Å²) in [6.45, 7) is 5.45. The Morgan fingerprint density at radius 3 is 2.25 bits per heavy atom. The molecule has 9 nitrogen and oxygen atoms in total. The van der Waals surface area contributed by atoms with Gasteiger partial charge in [-0.2, -0.15) is 0 Å². The van der Waals surface area contributed by atoms with Crippen molar-refractivity contribution in [2.75, 3.05) is 44.3 Å². The number of hydrogen-bond acceptors (Lipinski definition) is 8. The van der Waals surface area contributed by atoms with E-state index in [1.165, 1.54) is 38.4 Å². The largest absolute Gasteiger partial charge is 0.457 e. The molecule has 3 fully saturated rings. The Balaban J connectivity index is 0.000000274. The van der Waals surface area contributed by atoms with Crippen LogP contribution in [0.5, 0.6) is 11.5 Å². The molecule has 2 aliphatic carbocycles. The molecule has 6 rings (SSSR count). The van der Waals surface area contributed by atoms with Crippen LogP contribution in [-0.2, 0) is 4.79 Å². The van der Waals surface area contributed by atoms with Gasteiger partial charge in [0.1, 0.15) is 29.5 Å². The zero-order valence-electron chi connectivity index (χ0n) is 23.4. The average molecular weight is 542 g/mol. The number of amides is 1. The predicted octanol–water partition coefficient (Wildman–Crippen LogP) is 4.79. The van der Waals surface area contributed by atoms with Crippen molar-refractivity contribution in [3.05, 3.63) is 72.1 Å². The molecule has 0 bridgehead atoms. The quantitative estimate of drug-likeness (QED) is 0.384. The number of benzene rings is 2. The van der Waals surface area contributed by atoms with Gasteiger partial charge in [0.2, 0.25) is 5.91 Å². The van der Waals surface area contributed by atoms with Crippen LogP contribution in [0.15, 0.2) is 60.9 Å². The topological polar surface area (TPSA) is 120 Å². The first kappa shape index (κ1) is 27.6. The molecular weight excluding hydrogens is 502 g/mol. The smallest absolute Gasteiger partial charge is 0.219 e. The van der Waals surface area contributed by atoms with Crippen LogP contribution in [0.2, 0.25) is 0 Å². The summed E-state index contributed by atoms with van der Waals surface area (Å²) in [6.07, 6.45) is 7.86. The van der Waals surface area contributed by atoms with Gasteiger partial charge in [0, 0.05) is 44.7 Å². The minimum Gasteiger partial charge on any atom is -0.457 e. The average Bonchev–Trinajstić information content (AvgIpc) is 2.91. The maximum Gasteiger partial charge on any atom is 0.219 e. The van der Waals surface area contributed by atoms with Gasteiger partial charge >= 0.3 is 0 Å². The molecule has 1 aromatic heterocycles. The van der Waals surface area contributed by atoms with Crippen LogP contribution in [-0.4, -0.2) is 70.7 Å². The van der Waals surface area contributed by atoms with E-state index >= 15 is 0 Å². The summed E-state index contributed by atoms with van der Waals surface area (Å²) in [5.41, 5.74) is 8.33. The number of nitrogens with two attached hydrogens (primary N) is 1. The molecular formula is C31H39N7O2. The van der Waals surface area contributed by atoms with Crippen LogP contribution in [0.3, 0.4) is 0 Å². The van der Waals surface area contributed by atoms with Crippen LogP contribution in [0.25, 0.3) is 0 Å². The molecule has 2 saturated carbocycles. The van der Waals surface area contributed by atoms with Gasteiger partial charge in [0.15, 0.2) is 0 Å². The Kier molecular flexibility index (Phi) is 8.30. The number of ether oxygens (including phenoxy) is 1. The minimum atomic E-state index is 0.202. The second-order valence-electron chi connectivity index (χ2n) is 11.2. The standard InChI is InChI=1S/C24H25N5O.C7H14N2O/c25-21(16-7-9-19(10-8-16)30-18-5-2-1-3-6-18)20-22(26)27-15-28-23(20)29-17-13-24(14-17)11-4-12-24;1-7(10)9-5-3-8(2)4-6-9/h1-3,5-10,15,17,25H,4,11-14H2,(H3,26,27,28,29);3-6H2,1-2H3. The Bertz CT molecular complexity index is 1310. The second-order valence-corrected chi connectivity index (χ2v) is 11.2. The minimum absolute atomic E-state index is 0.202. The van der Waals surface area contributed by atoms with E-state index < -0.39 is 0 Å². The summed E-state index contributed by atoms with van der Waals surface area (Å²) in [5, 5.41) is 12.3. The number of rotatable bonds is 6. The Hall–Kier alpha value is -3.98. The second kappa shape index (κ2) is 12.0. The van der Waals surface area contributed by atoms with Gasteiger partial charge in [0.05, 0.1) is 11.3 Å². The fraction of sp³-hybridized carbons (Fsp3) is 0.419. The summed E-state index contributed by atoms with van der Waals surface area (Å²) < 4.78 is 5.84. The predicted molar refractivity (Wildman–Crippen MR) is 158 cm³/mol. The van der Waals surface area contributed by atoms with E-state index in [1.807, 2.05) is 59.5 Å². The van der Waals surface area contributed by atoms with Crippen LogP contribution in [0.1, 0.15) is 50.2 Å². The summed E-state index contributed by atoms with van der Waals surface area (Å²) >= 11 is 0. The van der Waals surface area contributed by atoms with E-state index in [9.17, 15) is 4.79 Å². The summed E-state index contributed by atoms with van der Waals surface area (Å²) in [4.78, 5) is 23.5. The molecule has 1 spiro atoms. The number of carbonyl (C=O) groups is 1. The number of nitrogens with one attached hydrogen (secondary N) is 2. The van der Waals surface area contributed by atoms with Crippen LogP contribution >= 0.6 is 0 Å². The van der Waals surface area contributed by atoms with Crippen molar-refractivity contribution >= 4 is 23.3 Å². The molecule has 0 unspecified atom stereocenters. The van der Waals surface area contributed by atoms with Crippen molar-refractivity contribution in [1.29, 1.82) is 5.41 Å². The molecule has 2 aromatic carbocycles. The zero-order chi connectivity index (χ0) is 28.1. The third kappa shape index (κ3) is 6.42. The third-order valence-electron chi connectivity index (χ3n) is 8.31. The molecule has 1 saturated heterocycles. The highest BCUT2D eigenvalue weighted by Crippen LogP contribution is 2.56. The lowest BCUT2D eigenvalue weighted by Gasteiger charge is -2.54. The highest BCUT2D eigenvalue weighted by atomic mass is 16.5. The van der Waals surface area contributed by atoms with Crippen LogP contribution < -0.4 is 15.8 Å². The van der Waals surface area contributed by atoms with Crippen molar-refractivity contribution in [2.45, 2.75) is 45.1 Å². The van der Waals surface area contributed by atoms with Gasteiger partial charge in [-0.1, -0.05) is 24.6 Å². The first-order valence-corrected chi connectivity index (χ1v) is 14.1. The van der Waals surface area contributed by atoms with Gasteiger partial charge in [-0.3, -0.25) is 10.2 Å². The first-order chi connectivity index (χ1) is 19.3. The van der Waals surface area contributed by atoms with Gasteiger partial charge in [-0.25, -0.2) is 9.97 Å². The number of para-hydroxylation sites is 1. The number of likely N-dealkylation sites (N-methyl/N-ethyl adjacent to an activating group) is 1. The molecule has 40 heavy (non-hydrogen) atoms. The number of nitrogens with zero attached hydrogens (tertiary/aromatic N) is 4. The lowest BCUT2D eigenvalue weighted by Crippen LogP contribution is -2.49.